The summed E-state index contributed by atoms with van der Waals surface area (Å²) < 4.78 is 43.5. The molecule has 22 heavy (non-hydrogen) atoms. The van der Waals surface area contributed by atoms with Crippen LogP contribution in [-0.2, 0) is 0 Å². The molecule has 3 N–H and O–H groups in total. The van der Waals surface area contributed by atoms with Gasteiger partial charge in [0.25, 0.3) is 0 Å². The van der Waals surface area contributed by atoms with Crippen molar-refractivity contribution in [2.45, 2.75) is 38.0 Å². The first-order valence-electron chi connectivity index (χ1n) is 7.31. The van der Waals surface area contributed by atoms with Crippen LogP contribution in [0, 0.1) is 0 Å². The highest BCUT2D eigenvalue weighted by molar-refractivity contribution is 5.67. The zero-order chi connectivity index (χ0) is 16.3. The Morgan fingerprint density at radius 1 is 1.18 bits per heavy atom. The van der Waals surface area contributed by atoms with E-state index in [-0.39, 0.29) is 17.0 Å². The van der Waals surface area contributed by atoms with E-state index >= 15 is 0 Å². The molecule has 0 spiro atoms. The van der Waals surface area contributed by atoms with Crippen LogP contribution >= 0.6 is 0 Å². The lowest BCUT2D eigenvalue weighted by atomic mass is 10.0. The number of aliphatic hydroxyl groups excluding tert-OH is 1. The monoisotopic (exact) mass is 318 g/mol. The summed E-state index contributed by atoms with van der Waals surface area (Å²) in [5.74, 6) is -0.122. The Labute approximate surface area is 127 Å². The number of benzene rings is 1. The summed E-state index contributed by atoms with van der Waals surface area (Å²) in [7, 11) is 1.24. The van der Waals surface area contributed by atoms with Gasteiger partial charge in [0, 0.05) is 24.3 Å². The molecule has 1 saturated heterocycles. The Morgan fingerprint density at radius 3 is 2.27 bits per heavy atom. The second kappa shape index (κ2) is 6.64. The molecule has 1 fully saturated rings. The summed E-state index contributed by atoms with van der Waals surface area (Å²) in [5, 5.41) is 9.59. The number of nitrogens with two attached hydrogens (primary N) is 1. The Bertz CT molecular complexity index is 512. The number of halogens is 3. The smallest absolute Gasteiger partial charge is 0.418 e. The van der Waals surface area contributed by atoms with Crippen molar-refractivity contribution in [1.29, 1.82) is 0 Å². The van der Waals surface area contributed by atoms with Crippen LogP contribution < -0.4 is 15.4 Å². The molecule has 7 heteroatoms. The minimum Gasteiger partial charge on any atom is -0.494 e. The molecule has 1 aliphatic rings. The number of nitrogens with zero attached hydrogens (tertiary/aromatic N) is 1. The largest absolute Gasteiger partial charge is 0.494 e. The van der Waals surface area contributed by atoms with Gasteiger partial charge in [0.15, 0.2) is 6.10 Å². The summed E-state index contributed by atoms with van der Waals surface area (Å²) in [6, 6.07) is 2.94. The van der Waals surface area contributed by atoms with Crippen LogP contribution in [0.25, 0.3) is 0 Å². The van der Waals surface area contributed by atoms with Crippen molar-refractivity contribution < 1.29 is 23.0 Å². The van der Waals surface area contributed by atoms with Crippen LogP contribution in [0.5, 0.6) is 5.75 Å². The van der Waals surface area contributed by atoms with Crippen molar-refractivity contribution in [1.82, 2.24) is 0 Å². The fraction of sp³-hybridized carbons (Fsp3) is 0.600. The van der Waals surface area contributed by atoms with Gasteiger partial charge in [0.2, 0.25) is 0 Å². The number of hydrogen-bond acceptors (Lipinski definition) is 4. The van der Waals surface area contributed by atoms with Crippen molar-refractivity contribution in [3.8, 4) is 5.75 Å². The second-order valence-electron chi connectivity index (χ2n) is 5.50. The molecule has 1 unspecified atom stereocenters. The van der Waals surface area contributed by atoms with Gasteiger partial charge in [0.05, 0.1) is 12.8 Å². The fourth-order valence-corrected chi connectivity index (χ4v) is 2.78. The average molecular weight is 318 g/mol. The van der Waals surface area contributed by atoms with E-state index in [1.54, 1.807) is 6.07 Å². The van der Waals surface area contributed by atoms with E-state index < -0.39 is 12.3 Å². The Hall–Kier alpha value is -1.63. The minimum absolute atomic E-state index is 0.0996. The predicted octanol–water partition coefficient (Wildman–Crippen LogP) is 3.25. The molecule has 1 atom stereocenters. The van der Waals surface area contributed by atoms with Crippen LogP contribution in [0.4, 0.5) is 24.5 Å². The maximum absolute atomic E-state index is 12.9. The predicted molar refractivity (Wildman–Crippen MR) is 79.1 cm³/mol. The highest BCUT2D eigenvalue weighted by atomic mass is 19.4. The van der Waals surface area contributed by atoms with Crippen molar-refractivity contribution in [2.75, 3.05) is 30.8 Å². The van der Waals surface area contributed by atoms with Crippen LogP contribution in [0.3, 0.4) is 0 Å². The molecule has 0 amide bonds. The Morgan fingerprint density at radius 2 is 1.77 bits per heavy atom. The number of ether oxygens (including phenoxy) is 1. The molecule has 0 saturated carbocycles. The van der Waals surface area contributed by atoms with E-state index in [4.69, 9.17) is 10.5 Å². The van der Waals surface area contributed by atoms with Gasteiger partial charge in [-0.05, 0) is 25.0 Å². The number of nitrogen functional groups attached to an aromatic ring is 1. The highest BCUT2D eigenvalue weighted by Crippen LogP contribution is 2.42. The summed E-state index contributed by atoms with van der Waals surface area (Å²) in [5.41, 5.74) is 6.19. The normalized spacial score (nSPS) is 18.0. The molecule has 0 bridgehead atoms. The third-order valence-corrected chi connectivity index (χ3v) is 3.91. The van der Waals surface area contributed by atoms with Crippen LogP contribution in [-0.4, -0.2) is 31.5 Å². The molecule has 1 aromatic carbocycles. The Balaban J connectivity index is 2.42. The first kappa shape index (κ1) is 16.7. The van der Waals surface area contributed by atoms with Gasteiger partial charge < -0.3 is 20.5 Å². The zero-order valence-electron chi connectivity index (χ0n) is 12.5. The standard InChI is InChI=1S/C15H21F3N2O2/c1-22-13-11(14(21)15(16,17)18)8-10(9-12(13)19)20-6-4-2-3-5-7-20/h8-9,14,21H,2-7,19H2,1H3. The van der Waals surface area contributed by atoms with Gasteiger partial charge in [0.1, 0.15) is 5.75 Å². The zero-order valence-corrected chi connectivity index (χ0v) is 12.5. The van der Waals surface area contributed by atoms with Crippen LogP contribution in [0.2, 0.25) is 0 Å². The molecule has 0 aromatic heterocycles. The summed E-state index contributed by atoms with van der Waals surface area (Å²) in [6.45, 7) is 1.54. The number of methoxy groups -OCH3 is 1. The van der Waals surface area contributed by atoms with Gasteiger partial charge in [-0.15, -0.1) is 0 Å². The van der Waals surface area contributed by atoms with Crippen LogP contribution in [0.15, 0.2) is 12.1 Å². The van der Waals surface area contributed by atoms with E-state index in [0.29, 0.717) is 5.69 Å². The minimum atomic E-state index is -4.77. The van der Waals surface area contributed by atoms with Crippen molar-refractivity contribution >= 4 is 11.4 Å². The molecule has 0 aliphatic carbocycles. The lowest BCUT2D eigenvalue weighted by Gasteiger charge is -2.26. The third kappa shape index (κ3) is 3.58. The van der Waals surface area contributed by atoms with Gasteiger partial charge in [-0.25, -0.2) is 0 Å². The third-order valence-electron chi connectivity index (χ3n) is 3.91. The van der Waals surface area contributed by atoms with E-state index in [1.807, 2.05) is 4.90 Å². The summed E-state index contributed by atoms with van der Waals surface area (Å²) in [4.78, 5) is 2.01. The molecular formula is C15H21F3N2O2. The van der Waals surface area contributed by atoms with E-state index in [0.717, 1.165) is 38.8 Å². The summed E-state index contributed by atoms with van der Waals surface area (Å²) >= 11 is 0. The second-order valence-corrected chi connectivity index (χ2v) is 5.50. The topological polar surface area (TPSA) is 58.7 Å². The van der Waals surface area contributed by atoms with Gasteiger partial charge in [-0.1, -0.05) is 12.8 Å². The number of rotatable bonds is 3. The number of hydrogen-bond donors (Lipinski definition) is 2. The molecular weight excluding hydrogens is 297 g/mol. The first-order chi connectivity index (χ1) is 10.3. The van der Waals surface area contributed by atoms with Crippen LogP contribution in [0.1, 0.15) is 37.4 Å². The van der Waals surface area contributed by atoms with Gasteiger partial charge in [-0.2, -0.15) is 13.2 Å². The van der Waals surface area contributed by atoms with Crippen molar-refractivity contribution in [3.05, 3.63) is 17.7 Å². The van der Waals surface area contributed by atoms with Crippen molar-refractivity contribution in [2.24, 2.45) is 0 Å². The molecule has 1 aromatic rings. The quantitative estimate of drug-likeness (QED) is 0.840. The van der Waals surface area contributed by atoms with E-state index in [1.165, 1.54) is 13.2 Å². The SMILES string of the molecule is COc1c(N)cc(N2CCCCCC2)cc1C(O)C(F)(F)F. The molecule has 2 rings (SSSR count). The first-order valence-corrected chi connectivity index (χ1v) is 7.31. The maximum Gasteiger partial charge on any atom is 0.418 e. The number of alkyl halides is 3. The van der Waals surface area contributed by atoms with E-state index in [9.17, 15) is 18.3 Å². The molecule has 124 valence electrons. The lowest BCUT2D eigenvalue weighted by molar-refractivity contribution is -0.207. The number of aliphatic hydroxyl groups is 1. The average Bonchev–Trinajstić information content (AvgIpc) is 2.73. The van der Waals surface area contributed by atoms with Gasteiger partial charge >= 0.3 is 6.18 Å². The highest BCUT2D eigenvalue weighted by Gasteiger charge is 2.41. The molecule has 0 radical (unpaired) electrons. The van der Waals surface area contributed by atoms with E-state index in [2.05, 4.69) is 0 Å². The number of anilines is 2. The summed E-state index contributed by atoms with van der Waals surface area (Å²) in [6.07, 6.45) is -3.18. The fourth-order valence-electron chi connectivity index (χ4n) is 2.78. The molecule has 1 aliphatic heterocycles. The lowest BCUT2D eigenvalue weighted by Crippen LogP contribution is -2.25. The molecule has 4 nitrogen and oxygen atoms in total. The van der Waals surface area contributed by atoms with Crippen molar-refractivity contribution in [3.63, 3.8) is 0 Å². The van der Waals surface area contributed by atoms with Gasteiger partial charge in [-0.3, -0.25) is 0 Å². The Kier molecular flexibility index (Phi) is 5.05. The molecule has 1 heterocycles. The maximum atomic E-state index is 12.9.